The van der Waals surface area contributed by atoms with Crippen LogP contribution in [0, 0.1) is 12.3 Å². The molecule has 0 amide bonds. The van der Waals surface area contributed by atoms with Crippen molar-refractivity contribution in [3.05, 3.63) is 30.1 Å². The Hall–Kier alpha value is -1.29. The summed E-state index contributed by atoms with van der Waals surface area (Å²) in [4.78, 5) is 4.24. The second-order valence-corrected chi connectivity index (χ2v) is 2.94. The summed E-state index contributed by atoms with van der Waals surface area (Å²) < 4.78 is 0. The molecule has 0 N–H and O–H groups in total. The fourth-order valence-electron chi connectivity index (χ4n) is 1.25. The average molecular weight is 143 g/mol. The highest BCUT2D eigenvalue weighted by molar-refractivity contribution is 5.35. The van der Waals surface area contributed by atoms with Crippen molar-refractivity contribution in [3.63, 3.8) is 0 Å². The van der Waals surface area contributed by atoms with Crippen LogP contribution in [0.3, 0.4) is 0 Å². The van der Waals surface area contributed by atoms with Crippen LogP contribution in [-0.4, -0.2) is 4.98 Å². The third-order valence-electron chi connectivity index (χ3n) is 2.18. The highest BCUT2D eigenvalue weighted by Gasteiger charge is 2.43. The van der Waals surface area contributed by atoms with Gasteiger partial charge in [-0.15, -0.1) is 6.42 Å². The van der Waals surface area contributed by atoms with Gasteiger partial charge in [0.25, 0.3) is 0 Å². The molecule has 1 aliphatic carbocycles. The van der Waals surface area contributed by atoms with Crippen LogP contribution in [0.25, 0.3) is 0 Å². The predicted octanol–water partition coefficient (Wildman–Crippen LogP) is 1.75. The van der Waals surface area contributed by atoms with Gasteiger partial charge in [-0.25, -0.2) is 0 Å². The third-order valence-corrected chi connectivity index (χ3v) is 2.18. The summed E-state index contributed by atoms with van der Waals surface area (Å²) in [5, 5.41) is 0. The van der Waals surface area contributed by atoms with Crippen molar-refractivity contribution in [1.82, 2.24) is 4.98 Å². The number of terminal acetylenes is 1. The Bertz CT molecular complexity index is 290. The van der Waals surface area contributed by atoms with Gasteiger partial charge in [-0.05, 0) is 25.0 Å². The Morgan fingerprint density at radius 3 is 2.73 bits per heavy atom. The Morgan fingerprint density at radius 1 is 1.45 bits per heavy atom. The van der Waals surface area contributed by atoms with E-state index in [9.17, 15) is 0 Å². The monoisotopic (exact) mass is 143 g/mol. The van der Waals surface area contributed by atoms with Crippen LogP contribution < -0.4 is 0 Å². The smallest absolute Gasteiger partial charge is 0.0733 e. The Kier molecular flexibility index (Phi) is 1.22. The van der Waals surface area contributed by atoms with E-state index in [4.69, 9.17) is 6.42 Å². The molecule has 0 spiro atoms. The van der Waals surface area contributed by atoms with E-state index in [2.05, 4.69) is 10.9 Å². The zero-order valence-corrected chi connectivity index (χ0v) is 6.25. The maximum absolute atomic E-state index is 5.41. The first kappa shape index (κ1) is 6.42. The third kappa shape index (κ3) is 0.914. The lowest BCUT2D eigenvalue weighted by Gasteiger charge is -2.04. The normalized spacial score (nSPS) is 18.8. The van der Waals surface area contributed by atoms with Gasteiger partial charge < -0.3 is 0 Å². The van der Waals surface area contributed by atoms with E-state index >= 15 is 0 Å². The van der Waals surface area contributed by atoms with Crippen molar-refractivity contribution < 1.29 is 0 Å². The summed E-state index contributed by atoms with van der Waals surface area (Å²) >= 11 is 0. The molecular formula is C10H9N. The van der Waals surface area contributed by atoms with Crippen LogP contribution in [0.4, 0.5) is 0 Å². The molecule has 54 valence electrons. The van der Waals surface area contributed by atoms with Gasteiger partial charge in [0.2, 0.25) is 0 Å². The Labute approximate surface area is 66.5 Å². The van der Waals surface area contributed by atoms with Crippen molar-refractivity contribution in [2.75, 3.05) is 0 Å². The zero-order valence-electron chi connectivity index (χ0n) is 6.25. The SMILES string of the molecule is C#CC1(c2ccccn2)CC1. The molecule has 1 fully saturated rings. The van der Waals surface area contributed by atoms with Crippen LogP contribution >= 0.6 is 0 Å². The summed E-state index contributed by atoms with van der Waals surface area (Å²) in [5.41, 5.74) is 1.06. The number of hydrogen-bond donors (Lipinski definition) is 0. The molecule has 2 rings (SSSR count). The summed E-state index contributed by atoms with van der Waals surface area (Å²) in [6, 6.07) is 5.91. The van der Waals surface area contributed by atoms with E-state index < -0.39 is 0 Å². The average Bonchev–Trinajstić information content (AvgIpc) is 2.86. The minimum Gasteiger partial charge on any atom is -0.260 e. The summed E-state index contributed by atoms with van der Waals surface area (Å²) in [7, 11) is 0. The molecule has 1 heterocycles. The minimum atomic E-state index is 0.00125. The molecule has 1 nitrogen and oxygen atoms in total. The highest BCUT2D eigenvalue weighted by Crippen LogP contribution is 2.46. The fourth-order valence-corrected chi connectivity index (χ4v) is 1.25. The lowest BCUT2D eigenvalue weighted by molar-refractivity contribution is 0.871. The maximum Gasteiger partial charge on any atom is 0.0733 e. The van der Waals surface area contributed by atoms with Gasteiger partial charge >= 0.3 is 0 Å². The van der Waals surface area contributed by atoms with Crippen molar-refractivity contribution >= 4 is 0 Å². The Balaban J connectivity index is 2.39. The molecule has 1 saturated carbocycles. The van der Waals surface area contributed by atoms with Crippen LogP contribution in [0.2, 0.25) is 0 Å². The van der Waals surface area contributed by atoms with E-state index in [0.29, 0.717) is 0 Å². The largest absolute Gasteiger partial charge is 0.260 e. The van der Waals surface area contributed by atoms with Crippen LogP contribution in [-0.2, 0) is 5.41 Å². The zero-order chi connectivity index (χ0) is 7.73. The second-order valence-electron chi connectivity index (χ2n) is 2.94. The molecule has 0 bridgehead atoms. The predicted molar refractivity (Wildman–Crippen MR) is 44.0 cm³/mol. The second kappa shape index (κ2) is 2.10. The molecule has 0 radical (unpaired) electrons. The molecule has 1 aromatic heterocycles. The van der Waals surface area contributed by atoms with Crippen molar-refractivity contribution in [2.24, 2.45) is 0 Å². The van der Waals surface area contributed by atoms with Crippen LogP contribution in [0.5, 0.6) is 0 Å². The minimum absolute atomic E-state index is 0.00125. The number of rotatable bonds is 1. The van der Waals surface area contributed by atoms with Gasteiger partial charge in [0.15, 0.2) is 0 Å². The van der Waals surface area contributed by atoms with Crippen molar-refractivity contribution in [1.29, 1.82) is 0 Å². The molecule has 0 unspecified atom stereocenters. The lowest BCUT2D eigenvalue weighted by atomic mass is 10.0. The van der Waals surface area contributed by atoms with Gasteiger partial charge in [-0.1, -0.05) is 12.0 Å². The van der Waals surface area contributed by atoms with Gasteiger partial charge in [-0.2, -0.15) is 0 Å². The first-order valence-electron chi connectivity index (χ1n) is 3.77. The van der Waals surface area contributed by atoms with E-state index in [-0.39, 0.29) is 5.41 Å². The summed E-state index contributed by atoms with van der Waals surface area (Å²) in [6.45, 7) is 0. The van der Waals surface area contributed by atoms with Gasteiger partial charge in [-0.3, -0.25) is 4.98 Å². The molecular weight excluding hydrogens is 134 g/mol. The first-order valence-corrected chi connectivity index (χ1v) is 3.77. The summed E-state index contributed by atoms with van der Waals surface area (Å²) in [6.07, 6.45) is 9.40. The number of aromatic nitrogens is 1. The van der Waals surface area contributed by atoms with Gasteiger partial charge in [0.05, 0.1) is 11.1 Å². The molecule has 0 saturated heterocycles. The Morgan fingerprint density at radius 2 is 2.27 bits per heavy atom. The quantitative estimate of drug-likeness (QED) is 0.546. The number of pyridine rings is 1. The molecule has 0 aliphatic heterocycles. The fraction of sp³-hybridized carbons (Fsp3) is 0.300. The van der Waals surface area contributed by atoms with Gasteiger partial charge in [0, 0.05) is 6.20 Å². The first-order chi connectivity index (χ1) is 5.37. The van der Waals surface area contributed by atoms with E-state index in [1.807, 2.05) is 18.2 Å². The molecule has 1 aromatic rings. The number of hydrogen-bond acceptors (Lipinski definition) is 1. The molecule has 0 aromatic carbocycles. The van der Waals surface area contributed by atoms with Crippen LogP contribution in [0.15, 0.2) is 24.4 Å². The molecule has 11 heavy (non-hydrogen) atoms. The van der Waals surface area contributed by atoms with Gasteiger partial charge in [0.1, 0.15) is 0 Å². The van der Waals surface area contributed by atoms with E-state index in [0.717, 1.165) is 18.5 Å². The molecule has 1 aliphatic rings. The lowest BCUT2D eigenvalue weighted by Crippen LogP contribution is -2.04. The highest BCUT2D eigenvalue weighted by atomic mass is 14.7. The van der Waals surface area contributed by atoms with Crippen molar-refractivity contribution in [2.45, 2.75) is 18.3 Å². The van der Waals surface area contributed by atoms with Crippen LogP contribution in [0.1, 0.15) is 18.5 Å². The number of nitrogens with zero attached hydrogens (tertiary/aromatic N) is 1. The molecule has 1 heteroatoms. The summed E-state index contributed by atoms with van der Waals surface area (Å²) in [5.74, 6) is 2.81. The maximum atomic E-state index is 5.41. The standard InChI is InChI=1S/C10H9N/c1-2-10(6-7-10)9-5-3-4-8-11-9/h1,3-5,8H,6-7H2. The van der Waals surface area contributed by atoms with Crippen molar-refractivity contribution in [3.8, 4) is 12.3 Å². The topological polar surface area (TPSA) is 12.9 Å². The van der Waals surface area contributed by atoms with E-state index in [1.165, 1.54) is 0 Å². The molecule has 0 atom stereocenters. The van der Waals surface area contributed by atoms with E-state index in [1.54, 1.807) is 6.20 Å².